The highest BCUT2D eigenvalue weighted by Gasteiger charge is 2.18. The van der Waals surface area contributed by atoms with Crippen molar-refractivity contribution < 1.29 is 5.48 Å². The van der Waals surface area contributed by atoms with E-state index in [1.807, 2.05) is 121 Å². The van der Waals surface area contributed by atoms with Crippen LogP contribution in [0.5, 0.6) is 0 Å². The zero-order valence-electron chi connectivity index (χ0n) is 34.9. The Balaban J connectivity index is 1.20. The fraction of sp³-hybridized carbons (Fsp3) is 0. The van der Waals surface area contributed by atoms with E-state index in [2.05, 4.69) is 83.4 Å². The summed E-state index contributed by atoms with van der Waals surface area (Å²) in [4.78, 5) is 0. The summed E-state index contributed by atoms with van der Waals surface area (Å²) >= 11 is 0. The second-order valence-electron chi connectivity index (χ2n) is 14.2. The first-order valence-corrected chi connectivity index (χ1v) is 18.9. The molecule has 266 valence electrons. The fourth-order valence-electron chi connectivity index (χ4n) is 7.98. The van der Waals surface area contributed by atoms with Gasteiger partial charge in [-0.15, -0.1) is 0 Å². The molecule has 2 nitrogen and oxygen atoms in total. The molecular weight excluding hydrogens is 689 g/mol. The normalized spacial score (nSPS) is 12.1. The van der Waals surface area contributed by atoms with Crippen LogP contribution in [0.15, 0.2) is 218 Å². The molecule has 0 saturated heterocycles. The van der Waals surface area contributed by atoms with Crippen molar-refractivity contribution in [1.82, 2.24) is 4.57 Å². The third-order valence-corrected chi connectivity index (χ3v) is 10.8. The standard InChI is InChI=1S/C55H36N2/c56-37-44-23-13-14-24-53(44)57-54-27-25-42(49-31-45(38-15-5-1-6-16-38)29-46(32-49)39-17-7-2-8-18-39)35-51(54)52-36-43(26-28-55(52)57)50-33-47(40-19-9-3-10-20-40)30-48(34-50)41-21-11-4-12-22-41/h1-36H/i1D,2D,3D,4D. The first-order chi connectivity index (χ1) is 29.8. The molecule has 10 rings (SSSR count). The van der Waals surface area contributed by atoms with Crippen LogP contribution in [0, 0.1) is 11.3 Å². The van der Waals surface area contributed by atoms with Crippen LogP contribution in [0.3, 0.4) is 0 Å². The molecule has 0 unspecified atom stereocenters. The molecule has 57 heavy (non-hydrogen) atoms. The molecular formula is C55H36N2. The van der Waals surface area contributed by atoms with Crippen molar-refractivity contribution in [3.8, 4) is 78.5 Å². The molecule has 1 aromatic heterocycles. The maximum Gasteiger partial charge on any atom is 0.101 e. The quantitative estimate of drug-likeness (QED) is 0.161. The van der Waals surface area contributed by atoms with Crippen LogP contribution in [0.1, 0.15) is 11.0 Å². The summed E-state index contributed by atoms with van der Waals surface area (Å²) in [6.07, 6.45) is 0. The van der Waals surface area contributed by atoms with Gasteiger partial charge in [0.1, 0.15) is 6.07 Å². The monoisotopic (exact) mass is 728 g/mol. The smallest absolute Gasteiger partial charge is 0.101 e. The predicted molar refractivity (Wildman–Crippen MR) is 238 cm³/mol. The van der Waals surface area contributed by atoms with Crippen LogP contribution in [0.2, 0.25) is 0 Å². The first kappa shape index (κ1) is 29.6. The molecule has 0 aliphatic heterocycles. The van der Waals surface area contributed by atoms with Crippen molar-refractivity contribution >= 4 is 21.8 Å². The number of nitriles is 1. The molecule has 10 aromatic rings. The zero-order chi connectivity index (χ0) is 41.6. The van der Waals surface area contributed by atoms with E-state index in [-0.39, 0.29) is 0 Å². The van der Waals surface area contributed by atoms with Crippen LogP contribution in [-0.4, -0.2) is 4.57 Å². The zero-order valence-corrected chi connectivity index (χ0v) is 30.9. The average molecular weight is 729 g/mol. The average Bonchev–Trinajstić information content (AvgIpc) is 3.62. The SMILES string of the molecule is [2H]c1ccc(-c2cc(-c3ccc([2H])cc3)cc(-c3ccc4c(c3)c3cc(-c5cc(-c6ccc([2H])cc6)cc(-c6ccc([2H])cc6)c5)ccc3n4-c3ccccc3C#N)c2)cc1. The largest absolute Gasteiger partial charge is 0.308 e. The number of para-hydroxylation sites is 1. The number of rotatable bonds is 7. The summed E-state index contributed by atoms with van der Waals surface area (Å²) in [6.45, 7) is 0. The number of hydrogen-bond donors (Lipinski definition) is 0. The molecule has 0 spiro atoms. The predicted octanol–water partition coefficient (Wildman–Crippen LogP) is 14.7. The number of fused-ring (bicyclic) bond motifs is 3. The lowest BCUT2D eigenvalue weighted by Gasteiger charge is -2.12. The Labute approximate surface area is 338 Å². The van der Waals surface area contributed by atoms with E-state index < -0.39 is 0 Å². The Morgan fingerprint density at radius 3 is 1.02 bits per heavy atom. The second-order valence-corrected chi connectivity index (χ2v) is 14.2. The summed E-state index contributed by atoms with van der Waals surface area (Å²) in [5.74, 6) is 0. The molecule has 0 radical (unpaired) electrons. The lowest BCUT2D eigenvalue weighted by atomic mass is 9.92. The number of aromatic nitrogens is 1. The van der Waals surface area contributed by atoms with Crippen molar-refractivity contribution in [2.24, 2.45) is 0 Å². The van der Waals surface area contributed by atoms with Gasteiger partial charge in [0.2, 0.25) is 0 Å². The van der Waals surface area contributed by atoms with Crippen molar-refractivity contribution in [3.63, 3.8) is 0 Å². The minimum atomic E-state index is 0.457. The van der Waals surface area contributed by atoms with Crippen LogP contribution < -0.4 is 0 Å². The molecule has 9 aromatic carbocycles. The van der Waals surface area contributed by atoms with Crippen LogP contribution in [0.25, 0.3) is 94.3 Å². The Bertz CT molecular complexity index is 3000. The van der Waals surface area contributed by atoms with E-state index >= 15 is 0 Å². The molecule has 0 atom stereocenters. The van der Waals surface area contributed by atoms with Gasteiger partial charge in [-0.3, -0.25) is 0 Å². The summed E-state index contributed by atoms with van der Waals surface area (Å²) in [7, 11) is 0. The van der Waals surface area contributed by atoms with Gasteiger partial charge < -0.3 is 4.57 Å². The van der Waals surface area contributed by atoms with Gasteiger partial charge >= 0.3 is 0 Å². The molecule has 0 fully saturated rings. The van der Waals surface area contributed by atoms with Crippen molar-refractivity contribution in [3.05, 3.63) is 224 Å². The number of nitrogens with zero attached hydrogens (tertiary/aromatic N) is 2. The van der Waals surface area contributed by atoms with E-state index in [0.717, 1.165) is 94.3 Å². The van der Waals surface area contributed by atoms with Gasteiger partial charge in [-0.05, 0) is 140 Å². The third-order valence-electron chi connectivity index (χ3n) is 10.8. The summed E-state index contributed by atoms with van der Waals surface area (Å²) in [5.41, 5.74) is 15.6. The van der Waals surface area contributed by atoms with Gasteiger partial charge in [0.15, 0.2) is 0 Å². The lowest BCUT2D eigenvalue weighted by molar-refractivity contribution is 1.17. The molecule has 0 aliphatic carbocycles. The number of benzene rings is 9. The highest BCUT2D eigenvalue weighted by Crippen LogP contribution is 2.41. The van der Waals surface area contributed by atoms with Crippen molar-refractivity contribution in [2.45, 2.75) is 0 Å². The third kappa shape index (κ3) is 6.38. The van der Waals surface area contributed by atoms with E-state index in [1.54, 1.807) is 0 Å². The molecule has 0 N–H and O–H groups in total. The highest BCUT2D eigenvalue weighted by molar-refractivity contribution is 6.12. The van der Waals surface area contributed by atoms with Gasteiger partial charge in [-0.25, -0.2) is 0 Å². The van der Waals surface area contributed by atoms with Crippen LogP contribution in [-0.2, 0) is 0 Å². The molecule has 0 saturated carbocycles. The summed E-state index contributed by atoms with van der Waals surface area (Å²) in [5, 5.41) is 12.4. The summed E-state index contributed by atoms with van der Waals surface area (Å²) in [6, 6.07) is 68.6. The van der Waals surface area contributed by atoms with Gasteiger partial charge in [-0.2, -0.15) is 5.26 Å². The van der Waals surface area contributed by atoms with Crippen LogP contribution >= 0.6 is 0 Å². The minimum absolute atomic E-state index is 0.457. The van der Waals surface area contributed by atoms with E-state index in [4.69, 9.17) is 5.48 Å². The van der Waals surface area contributed by atoms with Gasteiger partial charge in [-0.1, -0.05) is 145 Å². The topological polar surface area (TPSA) is 28.7 Å². The second kappa shape index (κ2) is 14.5. The van der Waals surface area contributed by atoms with Gasteiger partial charge in [0, 0.05) is 10.8 Å². The maximum atomic E-state index is 10.3. The summed E-state index contributed by atoms with van der Waals surface area (Å²) < 4.78 is 34.6. The maximum absolute atomic E-state index is 10.3. The van der Waals surface area contributed by atoms with Crippen molar-refractivity contribution in [1.29, 1.82) is 5.26 Å². The van der Waals surface area contributed by atoms with Gasteiger partial charge in [0.05, 0.1) is 27.8 Å². The fourth-order valence-corrected chi connectivity index (χ4v) is 7.98. The Hall–Kier alpha value is -7.73. The van der Waals surface area contributed by atoms with E-state index in [1.165, 1.54) is 0 Å². The Morgan fingerprint density at radius 2 is 0.667 bits per heavy atom. The van der Waals surface area contributed by atoms with Gasteiger partial charge in [0.25, 0.3) is 0 Å². The number of hydrogen-bond acceptors (Lipinski definition) is 1. The molecule has 2 heteroatoms. The molecule has 1 heterocycles. The van der Waals surface area contributed by atoms with E-state index in [9.17, 15) is 5.26 Å². The Morgan fingerprint density at radius 1 is 0.333 bits per heavy atom. The molecule has 0 aliphatic rings. The van der Waals surface area contributed by atoms with E-state index in [0.29, 0.717) is 29.7 Å². The molecule has 0 bridgehead atoms. The minimum Gasteiger partial charge on any atom is -0.308 e. The highest BCUT2D eigenvalue weighted by atomic mass is 15.0. The molecule has 0 amide bonds. The Kier molecular flexibility index (Phi) is 7.53. The van der Waals surface area contributed by atoms with Crippen molar-refractivity contribution in [2.75, 3.05) is 0 Å². The lowest BCUT2D eigenvalue weighted by Crippen LogP contribution is -1.97. The first-order valence-electron chi connectivity index (χ1n) is 20.9. The van der Waals surface area contributed by atoms with Crippen LogP contribution in [0.4, 0.5) is 0 Å².